The number of nitrogens with one attached hydrogen (secondary N) is 2. The van der Waals surface area contributed by atoms with E-state index in [1.807, 2.05) is 0 Å². The number of halogens is 3. The number of hydrogen-bond donors (Lipinski definition) is 2. The second-order valence-electron chi connectivity index (χ2n) is 9.08. The molecule has 188 valence electrons. The average Bonchev–Trinajstić information content (AvgIpc) is 3.58. The SMILES string of the molecule is O=C1CCC(N2Cc3cc(C(=O)N[C@H](c4ccccc4OC4CC4)C(F)(F)F)ccc3C2=O)C(=O)N1. The van der Waals surface area contributed by atoms with Crippen LogP contribution in [-0.2, 0) is 16.1 Å². The molecule has 1 aliphatic carbocycles. The second-order valence-corrected chi connectivity index (χ2v) is 9.08. The first kappa shape index (κ1) is 23.8. The van der Waals surface area contributed by atoms with Crippen LogP contribution in [0.4, 0.5) is 13.2 Å². The summed E-state index contributed by atoms with van der Waals surface area (Å²) in [5, 5.41) is 4.27. The van der Waals surface area contributed by atoms with Crippen molar-refractivity contribution in [2.24, 2.45) is 0 Å². The standard InChI is InChI=1S/C25H22F3N3O5/c26-25(27,28)21(17-3-1-2-4-19(17)36-15-6-7-15)30-22(33)13-5-8-16-14(11-13)12-31(24(16)35)18-9-10-20(32)29-23(18)34/h1-5,8,11,15,18,21H,6-7,9-10,12H2,(H,30,33)(H,29,32,34)/t18?,21-/m1/s1. The number of amides is 4. The first-order valence-corrected chi connectivity index (χ1v) is 11.5. The topological polar surface area (TPSA) is 105 Å². The number of fused-ring (bicyclic) bond motifs is 1. The van der Waals surface area contributed by atoms with Gasteiger partial charge >= 0.3 is 6.18 Å². The Balaban J connectivity index is 1.36. The van der Waals surface area contributed by atoms with Crippen LogP contribution in [0.15, 0.2) is 42.5 Å². The first-order valence-electron chi connectivity index (χ1n) is 11.5. The van der Waals surface area contributed by atoms with Crippen LogP contribution < -0.4 is 15.4 Å². The molecule has 0 bridgehead atoms. The lowest BCUT2D eigenvalue weighted by molar-refractivity contribution is -0.155. The summed E-state index contributed by atoms with van der Waals surface area (Å²) < 4.78 is 47.7. The molecule has 2 aromatic carbocycles. The van der Waals surface area contributed by atoms with Gasteiger partial charge in [0.1, 0.15) is 11.8 Å². The minimum Gasteiger partial charge on any atom is -0.490 e. The molecule has 0 spiro atoms. The maximum atomic E-state index is 14.0. The van der Waals surface area contributed by atoms with Gasteiger partial charge in [-0.2, -0.15) is 13.2 Å². The number of rotatable bonds is 6. The quantitative estimate of drug-likeness (QED) is 0.593. The zero-order chi connectivity index (χ0) is 25.6. The zero-order valence-electron chi connectivity index (χ0n) is 18.9. The van der Waals surface area contributed by atoms with E-state index in [-0.39, 0.29) is 47.9 Å². The van der Waals surface area contributed by atoms with E-state index in [4.69, 9.17) is 4.74 Å². The van der Waals surface area contributed by atoms with Crippen molar-refractivity contribution < 1.29 is 37.1 Å². The molecule has 4 amide bonds. The van der Waals surface area contributed by atoms with Gasteiger partial charge in [0, 0.05) is 29.7 Å². The molecule has 2 heterocycles. The van der Waals surface area contributed by atoms with Gasteiger partial charge in [-0.3, -0.25) is 24.5 Å². The van der Waals surface area contributed by atoms with Crippen molar-refractivity contribution >= 4 is 23.6 Å². The molecular weight excluding hydrogens is 479 g/mol. The number of benzene rings is 2. The van der Waals surface area contributed by atoms with Crippen molar-refractivity contribution in [1.29, 1.82) is 0 Å². The number of carbonyl (C=O) groups excluding carboxylic acids is 4. The normalized spacial score (nSPS) is 20.6. The molecule has 1 saturated carbocycles. The summed E-state index contributed by atoms with van der Waals surface area (Å²) in [5.41, 5.74) is 0.428. The fourth-order valence-electron chi connectivity index (χ4n) is 4.46. The molecule has 2 atom stereocenters. The van der Waals surface area contributed by atoms with Gasteiger partial charge < -0.3 is 15.0 Å². The molecule has 0 radical (unpaired) electrons. The van der Waals surface area contributed by atoms with Gasteiger partial charge in [0.05, 0.1) is 6.10 Å². The van der Waals surface area contributed by atoms with Crippen LogP contribution in [0.25, 0.3) is 0 Å². The van der Waals surface area contributed by atoms with Crippen molar-refractivity contribution in [3.05, 3.63) is 64.7 Å². The third kappa shape index (κ3) is 4.65. The minimum absolute atomic E-state index is 0.00231. The molecule has 1 saturated heterocycles. The van der Waals surface area contributed by atoms with E-state index in [2.05, 4.69) is 10.6 Å². The maximum Gasteiger partial charge on any atom is 0.413 e. The Morgan fingerprint density at radius 2 is 1.83 bits per heavy atom. The van der Waals surface area contributed by atoms with Crippen molar-refractivity contribution in [1.82, 2.24) is 15.5 Å². The fourth-order valence-corrected chi connectivity index (χ4v) is 4.46. The van der Waals surface area contributed by atoms with Crippen LogP contribution in [0, 0.1) is 0 Å². The molecule has 11 heteroatoms. The Bertz CT molecular complexity index is 1260. The largest absolute Gasteiger partial charge is 0.490 e. The highest BCUT2D eigenvalue weighted by molar-refractivity contribution is 6.06. The van der Waals surface area contributed by atoms with Crippen LogP contribution >= 0.6 is 0 Å². The van der Waals surface area contributed by atoms with Crippen molar-refractivity contribution in [3.8, 4) is 5.75 Å². The molecule has 2 fully saturated rings. The Hall–Kier alpha value is -3.89. The maximum absolute atomic E-state index is 14.0. The van der Waals surface area contributed by atoms with Gasteiger partial charge in [-0.25, -0.2) is 0 Å². The summed E-state index contributed by atoms with van der Waals surface area (Å²) in [7, 11) is 0. The number of nitrogens with zero attached hydrogens (tertiary/aromatic N) is 1. The van der Waals surface area contributed by atoms with E-state index in [9.17, 15) is 32.3 Å². The second kappa shape index (κ2) is 8.96. The average molecular weight is 501 g/mol. The number of imide groups is 1. The summed E-state index contributed by atoms with van der Waals surface area (Å²) in [6.07, 6.45) is -3.12. The Labute approximate surface area is 203 Å². The zero-order valence-corrected chi connectivity index (χ0v) is 18.9. The lowest BCUT2D eigenvalue weighted by Gasteiger charge is -2.29. The van der Waals surface area contributed by atoms with Gasteiger partial charge in [-0.1, -0.05) is 18.2 Å². The van der Waals surface area contributed by atoms with Crippen molar-refractivity contribution in [2.45, 2.75) is 56.6 Å². The van der Waals surface area contributed by atoms with E-state index in [0.717, 1.165) is 12.8 Å². The van der Waals surface area contributed by atoms with Gasteiger partial charge in [-0.05, 0) is 49.1 Å². The molecule has 1 unspecified atom stereocenters. The molecule has 8 nitrogen and oxygen atoms in total. The number of piperidine rings is 1. The third-order valence-corrected chi connectivity index (χ3v) is 6.44. The molecule has 0 aromatic heterocycles. The fraction of sp³-hybridized carbons (Fsp3) is 0.360. The lowest BCUT2D eigenvalue weighted by atomic mass is 10.0. The molecule has 2 aliphatic heterocycles. The smallest absolute Gasteiger partial charge is 0.413 e. The highest BCUT2D eigenvalue weighted by Gasteiger charge is 2.44. The Morgan fingerprint density at radius 1 is 1.08 bits per heavy atom. The molecule has 3 aliphatic rings. The van der Waals surface area contributed by atoms with Crippen LogP contribution in [0.5, 0.6) is 5.75 Å². The summed E-state index contributed by atoms with van der Waals surface area (Å²) in [6, 6.07) is 6.61. The Kier molecular flexibility index (Phi) is 5.93. The number of para-hydroxylation sites is 1. The van der Waals surface area contributed by atoms with Crippen LogP contribution in [-0.4, -0.2) is 46.9 Å². The first-order chi connectivity index (χ1) is 17.1. The predicted molar refractivity (Wildman–Crippen MR) is 119 cm³/mol. The number of hydrogen-bond acceptors (Lipinski definition) is 5. The summed E-state index contributed by atoms with van der Waals surface area (Å²) >= 11 is 0. The van der Waals surface area contributed by atoms with E-state index in [1.54, 1.807) is 6.07 Å². The molecule has 2 N–H and O–H groups in total. The monoisotopic (exact) mass is 501 g/mol. The number of alkyl halides is 3. The van der Waals surface area contributed by atoms with Crippen molar-refractivity contribution in [3.63, 3.8) is 0 Å². The number of ether oxygens (including phenoxy) is 1. The molecule has 36 heavy (non-hydrogen) atoms. The molecular formula is C25H22F3N3O5. The van der Waals surface area contributed by atoms with E-state index in [1.165, 1.54) is 41.3 Å². The van der Waals surface area contributed by atoms with Gasteiger partial charge in [-0.15, -0.1) is 0 Å². The minimum atomic E-state index is -4.78. The predicted octanol–water partition coefficient (Wildman–Crippen LogP) is 3.02. The molecule has 2 aromatic rings. The summed E-state index contributed by atoms with van der Waals surface area (Å²) in [5.74, 6) is -2.32. The highest BCUT2D eigenvalue weighted by Crippen LogP contribution is 2.39. The highest BCUT2D eigenvalue weighted by atomic mass is 19.4. The lowest BCUT2D eigenvalue weighted by Crippen LogP contribution is -2.52. The van der Waals surface area contributed by atoms with Gasteiger partial charge in [0.2, 0.25) is 11.8 Å². The molecule has 5 rings (SSSR count). The van der Waals surface area contributed by atoms with E-state index in [0.29, 0.717) is 5.56 Å². The summed E-state index contributed by atoms with van der Waals surface area (Å²) in [4.78, 5) is 50.7. The van der Waals surface area contributed by atoms with Crippen LogP contribution in [0.3, 0.4) is 0 Å². The van der Waals surface area contributed by atoms with E-state index < -0.39 is 41.9 Å². The van der Waals surface area contributed by atoms with Crippen LogP contribution in [0.2, 0.25) is 0 Å². The van der Waals surface area contributed by atoms with Crippen molar-refractivity contribution in [2.75, 3.05) is 0 Å². The third-order valence-electron chi connectivity index (χ3n) is 6.44. The van der Waals surface area contributed by atoms with Gasteiger partial charge in [0.15, 0.2) is 6.04 Å². The van der Waals surface area contributed by atoms with Gasteiger partial charge in [0.25, 0.3) is 11.8 Å². The Morgan fingerprint density at radius 3 is 2.53 bits per heavy atom. The van der Waals surface area contributed by atoms with E-state index >= 15 is 0 Å². The number of carbonyl (C=O) groups is 4. The van der Waals surface area contributed by atoms with Crippen LogP contribution in [0.1, 0.15) is 63.6 Å². The summed E-state index contributed by atoms with van der Waals surface area (Å²) in [6.45, 7) is 0.00231.